The number of likely N-dealkylation sites (tertiary alicyclic amines) is 1. The first kappa shape index (κ1) is 13.9. The van der Waals surface area contributed by atoms with Crippen molar-refractivity contribution < 1.29 is 19.4 Å². The lowest BCUT2D eigenvalue weighted by Gasteiger charge is -2.32. The smallest absolute Gasteiger partial charge is 0.304 e. The number of hydrogen-bond donors (Lipinski definition) is 1. The van der Waals surface area contributed by atoms with Crippen LogP contribution in [0.25, 0.3) is 6.08 Å². The summed E-state index contributed by atoms with van der Waals surface area (Å²) in [5, 5.41) is 8.78. The number of carboxylic acids is 1. The summed E-state index contributed by atoms with van der Waals surface area (Å²) in [5.74, 6) is 0.877. The molecule has 2 aliphatic heterocycles. The molecule has 0 bridgehead atoms. The van der Waals surface area contributed by atoms with E-state index < -0.39 is 5.97 Å². The average Bonchev–Trinajstić information content (AvgIpc) is 2.87. The van der Waals surface area contributed by atoms with Crippen LogP contribution in [0.1, 0.15) is 18.4 Å². The number of hydrogen-bond acceptors (Lipinski definition) is 4. The molecule has 1 spiro atoms. The van der Waals surface area contributed by atoms with Crippen LogP contribution in [0.3, 0.4) is 0 Å². The summed E-state index contributed by atoms with van der Waals surface area (Å²) in [7, 11) is 1.65. The number of carbonyl (C=O) groups is 1. The average molecular weight is 289 g/mol. The van der Waals surface area contributed by atoms with E-state index in [2.05, 4.69) is 17.1 Å². The first-order valence-corrected chi connectivity index (χ1v) is 7.11. The van der Waals surface area contributed by atoms with E-state index in [4.69, 9.17) is 14.6 Å². The monoisotopic (exact) mass is 289 g/mol. The van der Waals surface area contributed by atoms with Gasteiger partial charge in [0.1, 0.15) is 17.1 Å². The molecule has 1 N–H and O–H groups in total. The molecule has 5 heteroatoms. The summed E-state index contributed by atoms with van der Waals surface area (Å²) < 4.78 is 11.5. The van der Waals surface area contributed by atoms with Crippen molar-refractivity contribution in [3.05, 3.63) is 29.8 Å². The summed E-state index contributed by atoms with van der Waals surface area (Å²) in [6.45, 7) is 2.16. The van der Waals surface area contributed by atoms with Crippen LogP contribution in [0.2, 0.25) is 0 Å². The zero-order valence-corrected chi connectivity index (χ0v) is 12.0. The Balaban J connectivity index is 1.74. The zero-order valence-electron chi connectivity index (χ0n) is 12.0. The van der Waals surface area contributed by atoms with Crippen molar-refractivity contribution in [2.75, 3.05) is 26.7 Å². The van der Waals surface area contributed by atoms with E-state index in [1.807, 2.05) is 18.2 Å². The number of carboxylic acid groups (broad SMARTS) is 1. The molecule has 1 aromatic rings. The summed E-state index contributed by atoms with van der Waals surface area (Å²) in [4.78, 5) is 12.8. The van der Waals surface area contributed by atoms with Crippen LogP contribution in [-0.4, -0.2) is 48.3 Å². The van der Waals surface area contributed by atoms with Gasteiger partial charge in [0.25, 0.3) is 0 Å². The van der Waals surface area contributed by atoms with E-state index in [0.717, 1.165) is 36.6 Å². The quantitative estimate of drug-likeness (QED) is 0.919. The van der Waals surface area contributed by atoms with Crippen molar-refractivity contribution in [2.45, 2.75) is 18.4 Å². The third kappa shape index (κ3) is 2.74. The van der Waals surface area contributed by atoms with Gasteiger partial charge in [-0.2, -0.15) is 0 Å². The topological polar surface area (TPSA) is 59.0 Å². The maximum absolute atomic E-state index is 10.7. The van der Waals surface area contributed by atoms with Crippen LogP contribution in [-0.2, 0) is 4.79 Å². The Hall–Kier alpha value is -2.01. The van der Waals surface area contributed by atoms with Gasteiger partial charge in [-0.1, -0.05) is 6.07 Å². The molecule has 5 nitrogen and oxygen atoms in total. The van der Waals surface area contributed by atoms with Gasteiger partial charge >= 0.3 is 5.97 Å². The van der Waals surface area contributed by atoms with E-state index in [-0.39, 0.29) is 12.0 Å². The van der Waals surface area contributed by atoms with Crippen LogP contribution in [0.15, 0.2) is 24.3 Å². The number of aliphatic carboxylic acids is 1. The van der Waals surface area contributed by atoms with E-state index in [1.54, 1.807) is 7.11 Å². The van der Waals surface area contributed by atoms with Crippen molar-refractivity contribution in [1.29, 1.82) is 0 Å². The SMILES string of the molecule is COc1cccc2c1C=CC1(CCN(CCC(=O)O)C1)O2. The van der Waals surface area contributed by atoms with Gasteiger partial charge in [0.2, 0.25) is 0 Å². The minimum Gasteiger partial charge on any atom is -0.496 e. The van der Waals surface area contributed by atoms with Crippen LogP contribution in [0.4, 0.5) is 0 Å². The second kappa shape index (κ2) is 5.41. The zero-order chi connectivity index (χ0) is 14.9. The highest BCUT2D eigenvalue weighted by Gasteiger charge is 2.40. The summed E-state index contributed by atoms with van der Waals surface area (Å²) >= 11 is 0. The van der Waals surface area contributed by atoms with E-state index >= 15 is 0 Å². The molecule has 1 aromatic carbocycles. The van der Waals surface area contributed by atoms with Gasteiger partial charge in [0, 0.05) is 26.1 Å². The number of nitrogens with zero attached hydrogens (tertiary/aromatic N) is 1. The third-order valence-corrected chi connectivity index (χ3v) is 4.10. The maximum atomic E-state index is 10.7. The highest BCUT2D eigenvalue weighted by atomic mass is 16.5. The number of benzene rings is 1. The molecule has 21 heavy (non-hydrogen) atoms. The van der Waals surface area contributed by atoms with Gasteiger partial charge in [-0.15, -0.1) is 0 Å². The molecular weight excluding hydrogens is 270 g/mol. The fraction of sp³-hybridized carbons (Fsp3) is 0.438. The predicted molar refractivity (Wildman–Crippen MR) is 78.7 cm³/mol. The highest BCUT2D eigenvalue weighted by Crippen LogP contribution is 2.40. The van der Waals surface area contributed by atoms with Crippen molar-refractivity contribution >= 4 is 12.0 Å². The molecule has 1 atom stereocenters. The minimum absolute atomic E-state index is 0.171. The molecule has 1 fully saturated rings. The molecule has 0 aromatic heterocycles. The Morgan fingerprint density at radius 1 is 1.52 bits per heavy atom. The van der Waals surface area contributed by atoms with Gasteiger partial charge in [0.05, 0.1) is 19.1 Å². The first-order chi connectivity index (χ1) is 10.1. The number of rotatable bonds is 4. The lowest BCUT2D eigenvalue weighted by molar-refractivity contribution is -0.137. The molecule has 0 saturated carbocycles. The Kier molecular flexibility index (Phi) is 3.59. The van der Waals surface area contributed by atoms with Crippen molar-refractivity contribution in [3.63, 3.8) is 0 Å². The van der Waals surface area contributed by atoms with Crippen molar-refractivity contribution in [3.8, 4) is 11.5 Å². The summed E-state index contributed by atoms with van der Waals surface area (Å²) in [6.07, 6.45) is 5.18. The molecule has 0 radical (unpaired) electrons. The first-order valence-electron chi connectivity index (χ1n) is 7.11. The van der Waals surface area contributed by atoms with Crippen LogP contribution < -0.4 is 9.47 Å². The molecule has 2 aliphatic rings. The Labute approximate surface area is 123 Å². The lowest BCUT2D eigenvalue weighted by Crippen LogP contribution is -2.39. The number of methoxy groups -OCH3 is 1. The molecule has 0 amide bonds. The Morgan fingerprint density at radius 2 is 2.38 bits per heavy atom. The Bertz CT molecular complexity index is 584. The fourth-order valence-electron chi connectivity index (χ4n) is 2.99. The molecule has 2 heterocycles. The van der Waals surface area contributed by atoms with Crippen molar-refractivity contribution in [1.82, 2.24) is 4.90 Å². The molecule has 1 unspecified atom stereocenters. The van der Waals surface area contributed by atoms with E-state index in [1.165, 1.54) is 0 Å². The van der Waals surface area contributed by atoms with Gasteiger partial charge in [-0.25, -0.2) is 0 Å². The molecule has 1 saturated heterocycles. The van der Waals surface area contributed by atoms with Crippen molar-refractivity contribution in [2.24, 2.45) is 0 Å². The van der Waals surface area contributed by atoms with E-state index in [9.17, 15) is 4.79 Å². The minimum atomic E-state index is -0.758. The van der Waals surface area contributed by atoms with Crippen LogP contribution in [0.5, 0.6) is 11.5 Å². The molecule has 3 rings (SSSR count). The second-order valence-corrected chi connectivity index (χ2v) is 5.54. The number of ether oxygens (including phenoxy) is 2. The Morgan fingerprint density at radius 3 is 3.14 bits per heavy atom. The third-order valence-electron chi connectivity index (χ3n) is 4.10. The largest absolute Gasteiger partial charge is 0.496 e. The predicted octanol–water partition coefficient (Wildman–Crippen LogP) is 2.02. The number of fused-ring (bicyclic) bond motifs is 1. The molecular formula is C16H19NO4. The lowest BCUT2D eigenvalue weighted by atomic mass is 9.97. The summed E-state index contributed by atoms with van der Waals surface area (Å²) in [5.41, 5.74) is 0.632. The van der Waals surface area contributed by atoms with Gasteiger partial charge in [-0.05, 0) is 24.3 Å². The standard InChI is InChI=1S/C16H19NO4/c1-20-13-3-2-4-14-12(13)5-7-16(21-14)8-10-17(11-16)9-6-15(18)19/h2-5,7H,6,8-11H2,1H3,(H,18,19). The molecule has 0 aliphatic carbocycles. The van der Waals surface area contributed by atoms with Gasteiger partial charge in [-0.3, -0.25) is 9.69 Å². The van der Waals surface area contributed by atoms with Crippen LogP contribution >= 0.6 is 0 Å². The van der Waals surface area contributed by atoms with Gasteiger partial charge in [0.15, 0.2) is 0 Å². The molecule has 112 valence electrons. The van der Waals surface area contributed by atoms with Crippen LogP contribution in [0, 0.1) is 0 Å². The normalized spacial score (nSPS) is 23.9. The maximum Gasteiger partial charge on any atom is 0.304 e. The van der Waals surface area contributed by atoms with E-state index in [0.29, 0.717) is 6.54 Å². The van der Waals surface area contributed by atoms with Gasteiger partial charge < -0.3 is 14.6 Å². The fourth-order valence-corrected chi connectivity index (χ4v) is 2.99. The summed E-state index contributed by atoms with van der Waals surface area (Å²) in [6, 6.07) is 5.78. The second-order valence-electron chi connectivity index (χ2n) is 5.54. The highest BCUT2D eigenvalue weighted by molar-refractivity contribution is 5.68.